The van der Waals surface area contributed by atoms with Gasteiger partial charge in [0.05, 0.1) is 6.10 Å². The van der Waals surface area contributed by atoms with E-state index in [4.69, 9.17) is 5.11 Å². The van der Waals surface area contributed by atoms with Crippen LogP contribution in [0.15, 0.2) is 12.2 Å². The molecule has 2 aliphatic rings. The highest BCUT2D eigenvalue weighted by molar-refractivity contribution is 4.90. The van der Waals surface area contributed by atoms with Crippen LogP contribution in [0.5, 0.6) is 0 Å². The lowest BCUT2D eigenvalue weighted by Crippen LogP contribution is -2.37. The molecule has 0 aromatic carbocycles. The van der Waals surface area contributed by atoms with Crippen molar-refractivity contribution in [3.05, 3.63) is 12.2 Å². The molecule has 0 aromatic rings. The minimum absolute atomic E-state index is 0.000543. The second-order valence-electron chi connectivity index (χ2n) is 4.80. The van der Waals surface area contributed by atoms with Crippen LogP contribution in [0.3, 0.4) is 0 Å². The van der Waals surface area contributed by atoms with Crippen LogP contribution in [0, 0.1) is 11.8 Å². The monoisotopic (exact) mass is 195 g/mol. The first kappa shape index (κ1) is 10.2. The Balaban J connectivity index is 1.52. The average Bonchev–Trinajstić information content (AvgIpc) is 2.17. The SMILES string of the molecule is OC1CC(CNCC2CC=CCC2)C1. The van der Waals surface area contributed by atoms with Gasteiger partial charge in [-0.05, 0) is 57.0 Å². The van der Waals surface area contributed by atoms with Crippen LogP contribution in [0.25, 0.3) is 0 Å². The molecule has 0 aliphatic heterocycles. The molecule has 1 fully saturated rings. The second-order valence-corrected chi connectivity index (χ2v) is 4.80. The Morgan fingerprint density at radius 1 is 1.14 bits per heavy atom. The molecule has 2 rings (SSSR count). The van der Waals surface area contributed by atoms with Crippen molar-refractivity contribution >= 4 is 0 Å². The van der Waals surface area contributed by atoms with Crippen LogP contribution < -0.4 is 5.32 Å². The van der Waals surface area contributed by atoms with Gasteiger partial charge in [-0.1, -0.05) is 12.2 Å². The molecule has 2 nitrogen and oxygen atoms in total. The van der Waals surface area contributed by atoms with Crippen LogP contribution in [-0.2, 0) is 0 Å². The number of aliphatic hydroxyl groups is 1. The third-order valence-corrected chi connectivity index (χ3v) is 3.45. The zero-order valence-electron chi connectivity index (χ0n) is 8.78. The van der Waals surface area contributed by atoms with Gasteiger partial charge in [-0.25, -0.2) is 0 Å². The molecule has 0 radical (unpaired) electrons. The number of hydrogen-bond acceptors (Lipinski definition) is 2. The first-order valence-electron chi connectivity index (χ1n) is 5.88. The first-order valence-corrected chi connectivity index (χ1v) is 5.88. The van der Waals surface area contributed by atoms with Gasteiger partial charge in [-0.2, -0.15) is 0 Å². The highest BCUT2D eigenvalue weighted by Crippen LogP contribution is 2.26. The summed E-state index contributed by atoms with van der Waals surface area (Å²) in [7, 11) is 0. The summed E-state index contributed by atoms with van der Waals surface area (Å²) in [6.45, 7) is 2.27. The van der Waals surface area contributed by atoms with E-state index in [0.29, 0.717) is 0 Å². The Morgan fingerprint density at radius 2 is 1.93 bits per heavy atom. The first-order chi connectivity index (χ1) is 6.84. The molecule has 0 heterocycles. The number of aliphatic hydroxyl groups excluding tert-OH is 1. The van der Waals surface area contributed by atoms with Gasteiger partial charge in [0.2, 0.25) is 0 Å². The van der Waals surface area contributed by atoms with Crippen LogP contribution in [0.4, 0.5) is 0 Å². The van der Waals surface area contributed by atoms with Crippen molar-refractivity contribution in [1.82, 2.24) is 5.32 Å². The molecule has 1 unspecified atom stereocenters. The van der Waals surface area contributed by atoms with Gasteiger partial charge in [0.25, 0.3) is 0 Å². The lowest BCUT2D eigenvalue weighted by molar-refractivity contribution is 0.0427. The maximum absolute atomic E-state index is 9.13. The van der Waals surface area contributed by atoms with Gasteiger partial charge >= 0.3 is 0 Å². The summed E-state index contributed by atoms with van der Waals surface area (Å²) in [4.78, 5) is 0. The molecule has 2 heteroatoms. The Labute approximate surface area is 86.4 Å². The number of nitrogens with one attached hydrogen (secondary N) is 1. The largest absolute Gasteiger partial charge is 0.393 e. The molecule has 0 aromatic heterocycles. The molecular weight excluding hydrogens is 174 g/mol. The van der Waals surface area contributed by atoms with Crippen LogP contribution in [0.2, 0.25) is 0 Å². The van der Waals surface area contributed by atoms with Crippen LogP contribution in [-0.4, -0.2) is 24.3 Å². The zero-order chi connectivity index (χ0) is 9.80. The molecule has 0 saturated heterocycles. The van der Waals surface area contributed by atoms with E-state index in [2.05, 4.69) is 17.5 Å². The van der Waals surface area contributed by atoms with E-state index in [-0.39, 0.29) is 6.10 Å². The predicted octanol–water partition coefficient (Wildman–Crippen LogP) is 1.70. The van der Waals surface area contributed by atoms with Crippen LogP contribution >= 0.6 is 0 Å². The fourth-order valence-corrected chi connectivity index (χ4v) is 2.40. The van der Waals surface area contributed by atoms with E-state index in [0.717, 1.165) is 37.8 Å². The van der Waals surface area contributed by atoms with E-state index < -0.39 is 0 Å². The van der Waals surface area contributed by atoms with Crippen molar-refractivity contribution in [3.8, 4) is 0 Å². The maximum atomic E-state index is 9.13. The molecule has 80 valence electrons. The van der Waals surface area contributed by atoms with Crippen molar-refractivity contribution < 1.29 is 5.11 Å². The van der Waals surface area contributed by atoms with E-state index in [1.165, 1.54) is 19.3 Å². The van der Waals surface area contributed by atoms with Crippen molar-refractivity contribution in [2.45, 2.75) is 38.2 Å². The lowest BCUT2D eigenvalue weighted by atomic mass is 9.82. The van der Waals surface area contributed by atoms with Gasteiger partial charge in [0.15, 0.2) is 0 Å². The normalized spacial score (nSPS) is 36.8. The molecule has 1 saturated carbocycles. The smallest absolute Gasteiger partial charge is 0.0546 e. The molecule has 2 N–H and O–H groups in total. The molecule has 0 amide bonds. The Bertz CT molecular complexity index is 196. The third-order valence-electron chi connectivity index (χ3n) is 3.45. The van der Waals surface area contributed by atoms with Gasteiger partial charge in [-0.3, -0.25) is 0 Å². The van der Waals surface area contributed by atoms with Crippen molar-refractivity contribution in [1.29, 1.82) is 0 Å². The minimum atomic E-state index is -0.000543. The van der Waals surface area contributed by atoms with Gasteiger partial charge < -0.3 is 10.4 Å². The third kappa shape index (κ3) is 2.82. The highest BCUT2D eigenvalue weighted by atomic mass is 16.3. The zero-order valence-corrected chi connectivity index (χ0v) is 8.78. The molecule has 1 atom stereocenters. The summed E-state index contributed by atoms with van der Waals surface area (Å²) >= 11 is 0. The molecule has 14 heavy (non-hydrogen) atoms. The lowest BCUT2D eigenvalue weighted by Gasteiger charge is -2.32. The summed E-state index contributed by atoms with van der Waals surface area (Å²) in [5.41, 5.74) is 0. The van der Waals surface area contributed by atoms with Gasteiger partial charge in [0, 0.05) is 0 Å². The van der Waals surface area contributed by atoms with E-state index in [9.17, 15) is 0 Å². The summed E-state index contributed by atoms with van der Waals surface area (Å²) in [5.74, 6) is 1.59. The van der Waals surface area contributed by atoms with Crippen molar-refractivity contribution in [2.75, 3.05) is 13.1 Å². The van der Waals surface area contributed by atoms with E-state index in [1.807, 2.05) is 0 Å². The molecule has 0 spiro atoms. The highest BCUT2D eigenvalue weighted by Gasteiger charge is 2.26. The fraction of sp³-hybridized carbons (Fsp3) is 0.833. The minimum Gasteiger partial charge on any atom is -0.393 e. The molecule has 2 aliphatic carbocycles. The summed E-state index contributed by atoms with van der Waals surface area (Å²) in [6, 6.07) is 0. The van der Waals surface area contributed by atoms with E-state index in [1.54, 1.807) is 0 Å². The number of hydrogen-bond donors (Lipinski definition) is 2. The topological polar surface area (TPSA) is 32.3 Å². The van der Waals surface area contributed by atoms with E-state index >= 15 is 0 Å². The second kappa shape index (κ2) is 4.94. The molecular formula is C12H21NO. The standard InChI is InChI=1S/C12H21NO/c14-12-6-11(7-12)9-13-8-10-4-2-1-3-5-10/h1-2,10-14H,3-9H2. The summed E-state index contributed by atoms with van der Waals surface area (Å²) in [6.07, 6.45) is 10.5. The Hall–Kier alpha value is -0.340. The van der Waals surface area contributed by atoms with Gasteiger partial charge in [-0.15, -0.1) is 0 Å². The van der Waals surface area contributed by atoms with Crippen molar-refractivity contribution in [3.63, 3.8) is 0 Å². The Morgan fingerprint density at radius 3 is 2.57 bits per heavy atom. The number of rotatable bonds is 4. The molecule has 0 bridgehead atoms. The predicted molar refractivity (Wildman–Crippen MR) is 58.1 cm³/mol. The average molecular weight is 195 g/mol. The van der Waals surface area contributed by atoms with Gasteiger partial charge in [0.1, 0.15) is 0 Å². The fourth-order valence-electron chi connectivity index (χ4n) is 2.40. The quantitative estimate of drug-likeness (QED) is 0.669. The number of allylic oxidation sites excluding steroid dienone is 2. The van der Waals surface area contributed by atoms with Crippen molar-refractivity contribution in [2.24, 2.45) is 11.8 Å². The van der Waals surface area contributed by atoms with Crippen LogP contribution in [0.1, 0.15) is 32.1 Å². The summed E-state index contributed by atoms with van der Waals surface area (Å²) < 4.78 is 0. The summed E-state index contributed by atoms with van der Waals surface area (Å²) in [5, 5.41) is 12.7. The maximum Gasteiger partial charge on any atom is 0.0546 e. The Kier molecular flexibility index (Phi) is 3.60.